The van der Waals surface area contributed by atoms with Gasteiger partial charge in [0.15, 0.2) is 0 Å². The van der Waals surface area contributed by atoms with Gasteiger partial charge in [-0.15, -0.1) is 0 Å². The molecule has 0 unspecified atom stereocenters. The number of allylic oxidation sites excluding steroid dienone is 4. The van der Waals surface area contributed by atoms with Crippen molar-refractivity contribution in [1.82, 2.24) is 0 Å². The molecule has 29 heavy (non-hydrogen) atoms. The van der Waals surface area contributed by atoms with E-state index in [9.17, 15) is 0 Å². The Morgan fingerprint density at radius 2 is 1.17 bits per heavy atom. The van der Waals surface area contributed by atoms with Gasteiger partial charge in [-0.1, -0.05) is 116 Å². The van der Waals surface area contributed by atoms with Crippen LogP contribution in [0.25, 0.3) is 11.1 Å². The number of hydrogen-bond donors (Lipinski definition) is 0. The molecule has 2 aliphatic carbocycles. The Labute approximate surface area is 177 Å². The highest BCUT2D eigenvalue weighted by molar-refractivity contribution is 5.80. The fourth-order valence-electron chi connectivity index (χ4n) is 5.08. The van der Waals surface area contributed by atoms with Gasteiger partial charge in [0.2, 0.25) is 0 Å². The van der Waals surface area contributed by atoms with Crippen LogP contribution in [-0.2, 0) is 10.8 Å². The Bertz CT molecular complexity index is 949. The van der Waals surface area contributed by atoms with E-state index >= 15 is 0 Å². The summed E-state index contributed by atoms with van der Waals surface area (Å²) in [5.74, 6) is 0.392. The van der Waals surface area contributed by atoms with E-state index in [-0.39, 0.29) is 16.2 Å². The molecule has 0 heteroatoms. The first-order valence-electron chi connectivity index (χ1n) is 11.1. The van der Waals surface area contributed by atoms with E-state index in [1.807, 2.05) is 0 Å². The molecule has 0 spiro atoms. The number of fused-ring (bicyclic) bond motifs is 3. The van der Waals surface area contributed by atoms with E-state index in [1.54, 1.807) is 5.57 Å². The average molecular weight is 385 g/mol. The maximum atomic E-state index is 2.50. The molecule has 2 aliphatic rings. The van der Waals surface area contributed by atoms with Gasteiger partial charge in [0.05, 0.1) is 0 Å². The van der Waals surface area contributed by atoms with E-state index < -0.39 is 0 Å². The third kappa shape index (κ3) is 3.31. The molecule has 0 heterocycles. The molecule has 0 fully saturated rings. The molecule has 0 amide bonds. The largest absolute Gasteiger partial charge is 0.0804 e. The van der Waals surface area contributed by atoms with Crippen molar-refractivity contribution in [3.8, 4) is 11.1 Å². The second kappa shape index (κ2) is 6.46. The topological polar surface area (TPSA) is 0 Å². The lowest BCUT2D eigenvalue weighted by molar-refractivity contribution is 0.387. The van der Waals surface area contributed by atoms with Crippen molar-refractivity contribution < 1.29 is 0 Å². The van der Waals surface area contributed by atoms with E-state index in [1.165, 1.54) is 33.4 Å². The number of benzene rings is 2. The SMILES string of the molecule is CC(C)(C)c1ccc2c(c1)C(C(C)(C)C1=CC=CC1)c1cc(C(C)(C)C)ccc1-2. The summed E-state index contributed by atoms with van der Waals surface area (Å²) in [6.45, 7) is 18.8. The molecule has 0 N–H and O–H groups in total. The average Bonchev–Trinajstić information content (AvgIpc) is 3.26. The van der Waals surface area contributed by atoms with Crippen molar-refractivity contribution in [2.24, 2.45) is 5.41 Å². The van der Waals surface area contributed by atoms with Crippen molar-refractivity contribution in [3.05, 3.63) is 82.5 Å². The highest BCUT2D eigenvalue weighted by Gasteiger charge is 2.42. The Morgan fingerprint density at radius 1 is 0.690 bits per heavy atom. The summed E-state index contributed by atoms with van der Waals surface area (Å²) in [4.78, 5) is 0. The molecule has 0 radical (unpaired) electrons. The second-order valence-electron chi connectivity index (χ2n) is 11.6. The Kier molecular flexibility index (Phi) is 4.50. The zero-order chi connectivity index (χ0) is 21.2. The molecule has 2 aromatic carbocycles. The third-order valence-corrected chi connectivity index (χ3v) is 7.07. The Hall–Kier alpha value is -2.08. The minimum Gasteiger partial charge on any atom is -0.0804 e. The fourth-order valence-corrected chi connectivity index (χ4v) is 5.08. The van der Waals surface area contributed by atoms with Crippen LogP contribution >= 0.6 is 0 Å². The predicted molar refractivity (Wildman–Crippen MR) is 127 cm³/mol. The lowest BCUT2D eigenvalue weighted by Crippen LogP contribution is -2.25. The van der Waals surface area contributed by atoms with Gasteiger partial charge in [-0.2, -0.15) is 0 Å². The number of rotatable bonds is 2. The minimum absolute atomic E-state index is 0.0799. The van der Waals surface area contributed by atoms with E-state index in [2.05, 4.69) is 110 Å². The van der Waals surface area contributed by atoms with Crippen LogP contribution in [0.5, 0.6) is 0 Å². The zero-order valence-electron chi connectivity index (χ0n) is 19.5. The van der Waals surface area contributed by atoms with E-state index in [0.29, 0.717) is 5.92 Å². The van der Waals surface area contributed by atoms with Crippen molar-refractivity contribution in [2.75, 3.05) is 0 Å². The fraction of sp³-hybridized carbons (Fsp3) is 0.448. The molecule has 152 valence electrons. The molecule has 0 atom stereocenters. The quantitative estimate of drug-likeness (QED) is 0.488. The molecule has 0 bridgehead atoms. The van der Waals surface area contributed by atoms with Gasteiger partial charge in [-0.05, 0) is 56.0 Å². The highest BCUT2D eigenvalue weighted by Crippen LogP contribution is 2.57. The first-order valence-corrected chi connectivity index (χ1v) is 11.1. The van der Waals surface area contributed by atoms with Crippen LogP contribution in [0, 0.1) is 5.41 Å². The first kappa shape index (κ1) is 20.2. The van der Waals surface area contributed by atoms with Crippen LogP contribution < -0.4 is 0 Å². The van der Waals surface area contributed by atoms with Crippen molar-refractivity contribution in [3.63, 3.8) is 0 Å². The van der Waals surface area contributed by atoms with Gasteiger partial charge in [-0.25, -0.2) is 0 Å². The summed E-state index contributed by atoms with van der Waals surface area (Å²) < 4.78 is 0. The minimum atomic E-state index is 0.0799. The van der Waals surface area contributed by atoms with E-state index in [4.69, 9.17) is 0 Å². The van der Waals surface area contributed by atoms with Crippen LogP contribution in [0.2, 0.25) is 0 Å². The van der Waals surface area contributed by atoms with Crippen LogP contribution in [0.3, 0.4) is 0 Å². The van der Waals surface area contributed by atoms with Crippen LogP contribution in [0.4, 0.5) is 0 Å². The number of hydrogen-bond acceptors (Lipinski definition) is 0. The molecule has 0 aromatic heterocycles. The normalized spacial score (nSPS) is 16.8. The van der Waals surface area contributed by atoms with E-state index in [0.717, 1.165) is 6.42 Å². The van der Waals surface area contributed by atoms with Crippen LogP contribution in [0.1, 0.15) is 90.0 Å². The second-order valence-corrected chi connectivity index (χ2v) is 11.6. The molecule has 2 aromatic rings. The van der Waals surface area contributed by atoms with Gasteiger partial charge >= 0.3 is 0 Å². The van der Waals surface area contributed by atoms with Crippen LogP contribution in [0.15, 0.2) is 60.2 Å². The van der Waals surface area contributed by atoms with Gasteiger partial charge in [-0.3, -0.25) is 0 Å². The third-order valence-electron chi connectivity index (χ3n) is 7.07. The smallest absolute Gasteiger partial charge is 0.0190 e. The molecule has 0 saturated carbocycles. The van der Waals surface area contributed by atoms with Gasteiger partial charge in [0.1, 0.15) is 0 Å². The molecule has 4 rings (SSSR count). The van der Waals surface area contributed by atoms with Crippen molar-refractivity contribution >= 4 is 0 Å². The van der Waals surface area contributed by atoms with Gasteiger partial charge in [0.25, 0.3) is 0 Å². The highest BCUT2D eigenvalue weighted by atomic mass is 14.5. The molecular weight excluding hydrogens is 348 g/mol. The van der Waals surface area contributed by atoms with Crippen LogP contribution in [-0.4, -0.2) is 0 Å². The van der Waals surface area contributed by atoms with Gasteiger partial charge < -0.3 is 0 Å². The summed E-state index contributed by atoms with van der Waals surface area (Å²) in [6, 6.07) is 14.4. The summed E-state index contributed by atoms with van der Waals surface area (Å²) in [6.07, 6.45) is 7.95. The molecular formula is C29H36. The summed E-state index contributed by atoms with van der Waals surface area (Å²) >= 11 is 0. The maximum Gasteiger partial charge on any atom is 0.0190 e. The summed E-state index contributed by atoms with van der Waals surface area (Å²) in [5.41, 5.74) is 10.7. The Balaban J connectivity index is 1.96. The molecule has 0 saturated heterocycles. The Morgan fingerprint density at radius 3 is 1.55 bits per heavy atom. The lowest BCUT2D eigenvalue weighted by Gasteiger charge is -2.36. The summed E-state index contributed by atoms with van der Waals surface area (Å²) in [5, 5.41) is 0. The van der Waals surface area contributed by atoms with Crippen molar-refractivity contribution in [1.29, 1.82) is 0 Å². The molecule has 0 nitrogen and oxygen atoms in total. The lowest BCUT2D eigenvalue weighted by atomic mass is 9.67. The van der Waals surface area contributed by atoms with Gasteiger partial charge in [0, 0.05) is 5.92 Å². The predicted octanol–water partition coefficient (Wildman–Crippen LogP) is 8.31. The van der Waals surface area contributed by atoms with Crippen molar-refractivity contribution in [2.45, 2.75) is 78.6 Å². The maximum absolute atomic E-state index is 2.50. The monoisotopic (exact) mass is 384 g/mol. The summed E-state index contributed by atoms with van der Waals surface area (Å²) in [7, 11) is 0. The standard InChI is InChI=1S/C29H36/c1-27(2,3)20-13-15-22-23-16-14-21(28(4,5)6)18-25(23)26(24(22)17-20)29(7,8)19-11-9-10-12-19/h9-11,13-18,26H,12H2,1-8H3. The zero-order valence-corrected chi connectivity index (χ0v) is 19.5. The first-order chi connectivity index (χ1) is 13.4. The molecule has 0 aliphatic heterocycles.